The standard InChI is InChI=1S/C14H11N3O/c15-14(18)12-8-9-17(16-12)13-7-3-5-10-4-1-2-6-11(10)13/h1-9H,(H2,15,18). The van der Waals surface area contributed by atoms with Crippen LogP contribution < -0.4 is 5.73 Å². The van der Waals surface area contributed by atoms with Crippen LogP contribution in [0.15, 0.2) is 54.7 Å². The van der Waals surface area contributed by atoms with Crippen LogP contribution in [0.25, 0.3) is 16.5 Å². The van der Waals surface area contributed by atoms with Gasteiger partial charge in [0.25, 0.3) is 5.91 Å². The van der Waals surface area contributed by atoms with Crippen LogP contribution in [0.1, 0.15) is 10.5 Å². The Morgan fingerprint density at radius 2 is 1.83 bits per heavy atom. The van der Waals surface area contributed by atoms with E-state index >= 15 is 0 Å². The molecule has 0 saturated heterocycles. The molecule has 2 N–H and O–H groups in total. The topological polar surface area (TPSA) is 60.9 Å². The van der Waals surface area contributed by atoms with Crippen LogP contribution in [0.4, 0.5) is 0 Å². The van der Waals surface area contributed by atoms with Gasteiger partial charge in [0, 0.05) is 11.6 Å². The smallest absolute Gasteiger partial charge is 0.269 e. The summed E-state index contributed by atoms with van der Waals surface area (Å²) in [5.41, 5.74) is 6.40. The van der Waals surface area contributed by atoms with Gasteiger partial charge in [-0.05, 0) is 17.5 Å². The van der Waals surface area contributed by atoms with Gasteiger partial charge in [0.1, 0.15) is 5.69 Å². The predicted octanol–water partition coefficient (Wildman–Crippen LogP) is 2.12. The molecule has 18 heavy (non-hydrogen) atoms. The van der Waals surface area contributed by atoms with Gasteiger partial charge in [-0.2, -0.15) is 5.10 Å². The second-order valence-electron chi connectivity index (χ2n) is 4.01. The summed E-state index contributed by atoms with van der Waals surface area (Å²) in [6.07, 6.45) is 1.74. The zero-order chi connectivity index (χ0) is 12.5. The molecule has 88 valence electrons. The minimum absolute atomic E-state index is 0.267. The van der Waals surface area contributed by atoms with Gasteiger partial charge in [0.15, 0.2) is 0 Å². The van der Waals surface area contributed by atoms with Gasteiger partial charge in [-0.25, -0.2) is 4.68 Å². The Labute approximate surface area is 104 Å². The highest BCUT2D eigenvalue weighted by Crippen LogP contribution is 2.21. The van der Waals surface area contributed by atoms with Crippen LogP contribution in [0.5, 0.6) is 0 Å². The highest BCUT2D eigenvalue weighted by atomic mass is 16.1. The Morgan fingerprint density at radius 1 is 1.06 bits per heavy atom. The molecule has 1 amide bonds. The summed E-state index contributed by atoms with van der Waals surface area (Å²) in [7, 11) is 0. The van der Waals surface area contributed by atoms with E-state index in [0.717, 1.165) is 16.5 Å². The SMILES string of the molecule is NC(=O)c1ccn(-c2cccc3ccccc23)n1. The fourth-order valence-electron chi connectivity index (χ4n) is 2.00. The summed E-state index contributed by atoms with van der Waals surface area (Å²) < 4.78 is 1.67. The average molecular weight is 237 g/mol. The molecule has 0 fully saturated rings. The van der Waals surface area contributed by atoms with Crippen molar-refractivity contribution in [1.82, 2.24) is 9.78 Å². The van der Waals surface area contributed by atoms with Gasteiger partial charge >= 0.3 is 0 Å². The van der Waals surface area contributed by atoms with Crippen LogP contribution in [0, 0.1) is 0 Å². The van der Waals surface area contributed by atoms with E-state index in [1.807, 2.05) is 42.5 Å². The molecular weight excluding hydrogens is 226 g/mol. The fourth-order valence-corrected chi connectivity index (χ4v) is 2.00. The predicted molar refractivity (Wildman–Crippen MR) is 69.6 cm³/mol. The summed E-state index contributed by atoms with van der Waals surface area (Å²) in [4.78, 5) is 11.1. The summed E-state index contributed by atoms with van der Waals surface area (Å²) in [6, 6.07) is 15.6. The first-order chi connectivity index (χ1) is 8.75. The van der Waals surface area contributed by atoms with Gasteiger partial charge in [-0.1, -0.05) is 36.4 Å². The Bertz CT molecular complexity index is 725. The van der Waals surface area contributed by atoms with Crippen molar-refractivity contribution in [1.29, 1.82) is 0 Å². The average Bonchev–Trinajstić information content (AvgIpc) is 2.87. The van der Waals surface area contributed by atoms with E-state index in [9.17, 15) is 4.79 Å². The first-order valence-electron chi connectivity index (χ1n) is 5.59. The van der Waals surface area contributed by atoms with Crippen LogP contribution in [0.3, 0.4) is 0 Å². The molecule has 3 rings (SSSR count). The van der Waals surface area contributed by atoms with Crippen LogP contribution >= 0.6 is 0 Å². The van der Waals surface area contributed by atoms with Crippen LogP contribution in [-0.4, -0.2) is 15.7 Å². The zero-order valence-corrected chi connectivity index (χ0v) is 9.58. The minimum atomic E-state index is -0.519. The number of nitrogens with two attached hydrogens (primary N) is 1. The number of rotatable bonds is 2. The van der Waals surface area contributed by atoms with E-state index in [0.29, 0.717) is 0 Å². The van der Waals surface area contributed by atoms with Crippen molar-refractivity contribution in [2.45, 2.75) is 0 Å². The number of carbonyl (C=O) groups excluding carboxylic acids is 1. The van der Waals surface area contributed by atoms with Crippen molar-refractivity contribution in [3.05, 3.63) is 60.4 Å². The lowest BCUT2D eigenvalue weighted by Crippen LogP contribution is -2.12. The number of fused-ring (bicyclic) bond motifs is 1. The second-order valence-corrected chi connectivity index (χ2v) is 4.01. The molecule has 0 bridgehead atoms. The number of hydrogen-bond donors (Lipinski definition) is 1. The summed E-state index contributed by atoms with van der Waals surface area (Å²) in [5.74, 6) is -0.519. The molecular formula is C14H11N3O. The molecule has 0 aliphatic heterocycles. The molecule has 4 nitrogen and oxygen atoms in total. The maximum Gasteiger partial charge on any atom is 0.269 e. The quantitative estimate of drug-likeness (QED) is 0.742. The highest BCUT2D eigenvalue weighted by molar-refractivity contribution is 5.92. The number of nitrogens with zero attached hydrogens (tertiary/aromatic N) is 2. The Balaban J connectivity index is 2.21. The fraction of sp³-hybridized carbons (Fsp3) is 0. The van der Waals surface area contributed by atoms with Gasteiger partial charge < -0.3 is 5.73 Å². The van der Waals surface area contributed by atoms with Crippen molar-refractivity contribution in [2.24, 2.45) is 5.73 Å². The molecule has 1 aromatic heterocycles. The number of aromatic nitrogens is 2. The monoisotopic (exact) mass is 237 g/mol. The minimum Gasteiger partial charge on any atom is -0.364 e. The number of benzene rings is 2. The summed E-state index contributed by atoms with van der Waals surface area (Å²) >= 11 is 0. The van der Waals surface area contributed by atoms with E-state index in [4.69, 9.17) is 5.73 Å². The molecule has 1 heterocycles. The molecule has 3 aromatic rings. The zero-order valence-electron chi connectivity index (χ0n) is 9.58. The van der Waals surface area contributed by atoms with Crippen molar-refractivity contribution < 1.29 is 4.79 Å². The van der Waals surface area contributed by atoms with Gasteiger partial charge in [0.05, 0.1) is 5.69 Å². The molecule has 0 atom stereocenters. The second kappa shape index (κ2) is 4.00. The number of primary amides is 1. The maximum atomic E-state index is 11.1. The molecule has 0 unspecified atom stereocenters. The number of hydrogen-bond acceptors (Lipinski definition) is 2. The first-order valence-corrected chi connectivity index (χ1v) is 5.59. The van der Waals surface area contributed by atoms with Crippen molar-refractivity contribution >= 4 is 16.7 Å². The molecule has 4 heteroatoms. The summed E-state index contributed by atoms with van der Waals surface area (Å²) in [6.45, 7) is 0. The van der Waals surface area contributed by atoms with Gasteiger partial charge in [-0.3, -0.25) is 4.79 Å². The molecule has 0 saturated carbocycles. The Morgan fingerprint density at radius 3 is 2.61 bits per heavy atom. The van der Waals surface area contributed by atoms with Crippen molar-refractivity contribution in [3.63, 3.8) is 0 Å². The lowest BCUT2D eigenvalue weighted by atomic mass is 10.1. The normalized spacial score (nSPS) is 10.7. The van der Waals surface area contributed by atoms with Crippen LogP contribution in [0.2, 0.25) is 0 Å². The molecule has 0 spiro atoms. The van der Waals surface area contributed by atoms with Gasteiger partial charge in [-0.15, -0.1) is 0 Å². The molecule has 2 aromatic carbocycles. The van der Waals surface area contributed by atoms with E-state index in [1.54, 1.807) is 16.9 Å². The molecule has 0 radical (unpaired) electrons. The Kier molecular flexibility index (Phi) is 2.34. The first kappa shape index (κ1) is 10.5. The third-order valence-electron chi connectivity index (χ3n) is 2.85. The molecule has 0 aliphatic rings. The lowest BCUT2D eigenvalue weighted by molar-refractivity contribution is 0.0995. The third-order valence-corrected chi connectivity index (χ3v) is 2.85. The Hall–Kier alpha value is -2.62. The van der Waals surface area contributed by atoms with Gasteiger partial charge in [0.2, 0.25) is 0 Å². The largest absolute Gasteiger partial charge is 0.364 e. The summed E-state index contributed by atoms with van der Waals surface area (Å²) in [5, 5.41) is 6.39. The molecule has 0 aliphatic carbocycles. The van der Waals surface area contributed by atoms with E-state index in [2.05, 4.69) is 5.10 Å². The van der Waals surface area contributed by atoms with Crippen LogP contribution in [-0.2, 0) is 0 Å². The number of amides is 1. The van der Waals surface area contributed by atoms with E-state index in [1.165, 1.54) is 0 Å². The maximum absolute atomic E-state index is 11.1. The third kappa shape index (κ3) is 1.64. The number of carbonyl (C=O) groups is 1. The highest BCUT2D eigenvalue weighted by Gasteiger charge is 2.07. The van der Waals surface area contributed by atoms with E-state index in [-0.39, 0.29) is 5.69 Å². The van der Waals surface area contributed by atoms with E-state index < -0.39 is 5.91 Å². The van der Waals surface area contributed by atoms with Crippen molar-refractivity contribution in [2.75, 3.05) is 0 Å². The lowest BCUT2D eigenvalue weighted by Gasteiger charge is -2.05. The van der Waals surface area contributed by atoms with Crippen molar-refractivity contribution in [3.8, 4) is 5.69 Å².